The van der Waals surface area contributed by atoms with Crippen molar-refractivity contribution in [3.8, 4) is 5.75 Å². The number of nitrogens with one attached hydrogen (secondary N) is 1. The number of hydrogen-bond acceptors (Lipinski definition) is 3. The summed E-state index contributed by atoms with van der Waals surface area (Å²) in [5.41, 5.74) is 1.09. The van der Waals surface area contributed by atoms with Gasteiger partial charge in [0.1, 0.15) is 5.75 Å². The lowest BCUT2D eigenvalue weighted by atomic mass is 10.1. The molecular weight excluding hydrogens is 302 g/mol. The van der Waals surface area contributed by atoms with Crippen LogP contribution in [0.4, 0.5) is 4.79 Å². The molecule has 0 saturated carbocycles. The predicted molar refractivity (Wildman–Crippen MR) is 97.4 cm³/mol. The largest absolute Gasteiger partial charge is 0.491 e. The molecule has 5 heteroatoms. The van der Waals surface area contributed by atoms with Gasteiger partial charge in [-0.2, -0.15) is 0 Å². The van der Waals surface area contributed by atoms with E-state index in [1.54, 1.807) is 0 Å². The van der Waals surface area contributed by atoms with Crippen LogP contribution in [0.1, 0.15) is 38.8 Å². The van der Waals surface area contributed by atoms with Gasteiger partial charge < -0.3 is 19.9 Å². The molecule has 0 spiro atoms. The standard InChI is InChI=1S/C19H31N3O2/c1-14(2)24-18-8-6-17(7-9-18)15(3)20-19(23)22-11-10-16(13-22)12-21(4)5/h6-9,14-16H,10-13H2,1-5H3,(H,20,23). The van der Waals surface area contributed by atoms with Gasteiger partial charge in [0.25, 0.3) is 0 Å². The fourth-order valence-electron chi connectivity index (χ4n) is 3.15. The maximum absolute atomic E-state index is 12.4. The number of benzene rings is 1. The summed E-state index contributed by atoms with van der Waals surface area (Å²) in [5.74, 6) is 1.44. The zero-order chi connectivity index (χ0) is 17.7. The van der Waals surface area contributed by atoms with E-state index in [1.807, 2.05) is 49.9 Å². The first kappa shape index (κ1) is 18.6. The summed E-state index contributed by atoms with van der Waals surface area (Å²) in [7, 11) is 4.16. The van der Waals surface area contributed by atoms with E-state index < -0.39 is 0 Å². The average molecular weight is 333 g/mol. The topological polar surface area (TPSA) is 44.8 Å². The number of ether oxygens (including phenoxy) is 1. The lowest BCUT2D eigenvalue weighted by molar-refractivity contribution is 0.202. The molecule has 134 valence electrons. The smallest absolute Gasteiger partial charge is 0.317 e. The summed E-state index contributed by atoms with van der Waals surface area (Å²) < 4.78 is 5.66. The monoisotopic (exact) mass is 333 g/mol. The SMILES string of the molecule is CC(C)Oc1ccc(C(C)NC(=O)N2CCC(CN(C)C)C2)cc1. The number of nitrogens with zero attached hydrogens (tertiary/aromatic N) is 2. The molecule has 1 aliphatic heterocycles. The fraction of sp³-hybridized carbons (Fsp3) is 0.632. The Morgan fingerprint density at radius 1 is 1.29 bits per heavy atom. The van der Waals surface area contributed by atoms with Crippen LogP contribution in [-0.4, -0.2) is 55.7 Å². The Morgan fingerprint density at radius 3 is 2.54 bits per heavy atom. The third-order valence-corrected chi connectivity index (χ3v) is 4.29. The first-order valence-electron chi connectivity index (χ1n) is 8.82. The van der Waals surface area contributed by atoms with Crippen molar-refractivity contribution in [3.63, 3.8) is 0 Å². The molecule has 1 N–H and O–H groups in total. The molecular formula is C19H31N3O2. The van der Waals surface area contributed by atoms with Crippen LogP contribution in [0.15, 0.2) is 24.3 Å². The average Bonchev–Trinajstić information content (AvgIpc) is 2.95. The van der Waals surface area contributed by atoms with Crippen molar-refractivity contribution in [2.45, 2.75) is 39.3 Å². The van der Waals surface area contributed by atoms with E-state index in [-0.39, 0.29) is 18.2 Å². The van der Waals surface area contributed by atoms with Crippen LogP contribution in [0.2, 0.25) is 0 Å². The van der Waals surface area contributed by atoms with Gasteiger partial charge in [-0.3, -0.25) is 0 Å². The molecule has 24 heavy (non-hydrogen) atoms. The van der Waals surface area contributed by atoms with E-state index in [0.717, 1.165) is 37.4 Å². The zero-order valence-electron chi connectivity index (χ0n) is 15.6. The highest BCUT2D eigenvalue weighted by Gasteiger charge is 2.27. The van der Waals surface area contributed by atoms with Gasteiger partial charge >= 0.3 is 6.03 Å². The number of rotatable bonds is 6. The van der Waals surface area contributed by atoms with Crippen LogP contribution in [0.5, 0.6) is 5.75 Å². The number of hydrogen-bond donors (Lipinski definition) is 1. The molecule has 1 saturated heterocycles. The van der Waals surface area contributed by atoms with E-state index in [1.165, 1.54) is 0 Å². The Labute approximate surface area is 146 Å². The molecule has 2 amide bonds. The molecule has 2 atom stereocenters. The van der Waals surface area contributed by atoms with Gasteiger partial charge in [0, 0.05) is 19.6 Å². The van der Waals surface area contributed by atoms with E-state index in [0.29, 0.717) is 5.92 Å². The van der Waals surface area contributed by atoms with Gasteiger partial charge in [-0.15, -0.1) is 0 Å². The highest BCUT2D eigenvalue weighted by molar-refractivity contribution is 5.75. The maximum atomic E-state index is 12.4. The van der Waals surface area contributed by atoms with Gasteiger partial charge in [-0.1, -0.05) is 12.1 Å². The fourth-order valence-corrected chi connectivity index (χ4v) is 3.15. The Bertz CT molecular complexity index is 528. The molecule has 0 bridgehead atoms. The highest BCUT2D eigenvalue weighted by atomic mass is 16.5. The minimum absolute atomic E-state index is 0.0153. The molecule has 1 fully saturated rings. The van der Waals surface area contributed by atoms with Gasteiger partial charge in [-0.05, 0) is 64.9 Å². The first-order chi connectivity index (χ1) is 11.3. The Balaban J connectivity index is 1.85. The number of likely N-dealkylation sites (tertiary alicyclic amines) is 1. The van der Waals surface area contributed by atoms with Crippen molar-refractivity contribution < 1.29 is 9.53 Å². The van der Waals surface area contributed by atoms with Crippen molar-refractivity contribution in [1.82, 2.24) is 15.1 Å². The molecule has 1 heterocycles. The predicted octanol–water partition coefficient (Wildman–Crippen LogP) is 3.13. The number of urea groups is 1. The third kappa shape index (κ3) is 5.41. The summed E-state index contributed by atoms with van der Waals surface area (Å²) in [6.07, 6.45) is 1.25. The second kappa shape index (κ2) is 8.38. The zero-order valence-corrected chi connectivity index (χ0v) is 15.6. The van der Waals surface area contributed by atoms with Crippen molar-refractivity contribution in [2.75, 3.05) is 33.7 Å². The van der Waals surface area contributed by atoms with Gasteiger partial charge in [-0.25, -0.2) is 4.79 Å². The van der Waals surface area contributed by atoms with Crippen molar-refractivity contribution in [3.05, 3.63) is 29.8 Å². The molecule has 0 aliphatic carbocycles. The lowest BCUT2D eigenvalue weighted by Crippen LogP contribution is -2.40. The minimum Gasteiger partial charge on any atom is -0.491 e. The summed E-state index contributed by atoms with van der Waals surface area (Å²) in [5, 5.41) is 3.10. The molecule has 2 unspecified atom stereocenters. The van der Waals surface area contributed by atoms with Crippen LogP contribution in [0.3, 0.4) is 0 Å². The van der Waals surface area contributed by atoms with Crippen LogP contribution in [-0.2, 0) is 0 Å². The van der Waals surface area contributed by atoms with Crippen molar-refractivity contribution >= 4 is 6.03 Å². The summed E-state index contributed by atoms with van der Waals surface area (Å²) in [6.45, 7) is 8.77. The molecule has 0 radical (unpaired) electrons. The summed E-state index contributed by atoms with van der Waals surface area (Å²) in [4.78, 5) is 16.6. The molecule has 1 aromatic carbocycles. The molecule has 5 nitrogen and oxygen atoms in total. The molecule has 1 aromatic rings. The normalized spacial score (nSPS) is 19.0. The quantitative estimate of drug-likeness (QED) is 0.870. The second-order valence-electron chi connectivity index (χ2n) is 7.27. The number of amides is 2. The Hall–Kier alpha value is -1.75. The van der Waals surface area contributed by atoms with E-state index in [4.69, 9.17) is 4.74 Å². The van der Waals surface area contributed by atoms with Crippen molar-refractivity contribution in [1.29, 1.82) is 0 Å². The number of carbonyl (C=O) groups excluding carboxylic acids is 1. The van der Waals surface area contributed by atoms with Crippen LogP contribution >= 0.6 is 0 Å². The number of carbonyl (C=O) groups is 1. The summed E-state index contributed by atoms with van der Waals surface area (Å²) >= 11 is 0. The van der Waals surface area contributed by atoms with E-state index >= 15 is 0 Å². The van der Waals surface area contributed by atoms with Crippen LogP contribution < -0.4 is 10.1 Å². The first-order valence-corrected chi connectivity index (χ1v) is 8.82. The van der Waals surface area contributed by atoms with Gasteiger partial charge in [0.05, 0.1) is 12.1 Å². The highest BCUT2D eigenvalue weighted by Crippen LogP contribution is 2.20. The minimum atomic E-state index is -0.0153. The van der Waals surface area contributed by atoms with Crippen LogP contribution in [0.25, 0.3) is 0 Å². The van der Waals surface area contributed by atoms with Crippen LogP contribution in [0, 0.1) is 5.92 Å². The maximum Gasteiger partial charge on any atom is 0.317 e. The summed E-state index contributed by atoms with van der Waals surface area (Å²) in [6, 6.07) is 7.97. The van der Waals surface area contributed by atoms with Crippen molar-refractivity contribution in [2.24, 2.45) is 5.92 Å². The van der Waals surface area contributed by atoms with E-state index in [2.05, 4.69) is 24.3 Å². The third-order valence-electron chi connectivity index (χ3n) is 4.29. The van der Waals surface area contributed by atoms with E-state index in [9.17, 15) is 4.79 Å². The molecule has 0 aromatic heterocycles. The second-order valence-corrected chi connectivity index (χ2v) is 7.27. The Morgan fingerprint density at radius 2 is 1.96 bits per heavy atom. The van der Waals surface area contributed by atoms with Gasteiger partial charge in [0.15, 0.2) is 0 Å². The lowest BCUT2D eigenvalue weighted by Gasteiger charge is -2.22. The Kier molecular flexibility index (Phi) is 6.49. The molecule has 2 rings (SSSR count). The van der Waals surface area contributed by atoms with Gasteiger partial charge in [0.2, 0.25) is 0 Å². The molecule has 1 aliphatic rings.